The summed E-state index contributed by atoms with van der Waals surface area (Å²) in [6, 6.07) is 0. The van der Waals surface area contributed by atoms with Crippen LogP contribution < -0.4 is 0 Å². The van der Waals surface area contributed by atoms with Gasteiger partial charge >= 0.3 is 0 Å². The lowest BCUT2D eigenvalue weighted by molar-refractivity contribution is 0.220. The summed E-state index contributed by atoms with van der Waals surface area (Å²) in [7, 11) is 0. The molecule has 1 saturated carbocycles. The highest BCUT2D eigenvalue weighted by Gasteiger charge is 2.37. The third-order valence-corrected chi connectivity index (χ3v) is 2.88. The van der Waals surface area contributed by atoms with Gasteiger partial charge in [0.15, 0.2) is 5.66 Å². The average molecular weight is 212 g/mol. The quantitative estimate of drug-likeness (QED) is 0.519. The van der Waals surface area contributed by atoms with Crippen LogP contribution in [0, 0.1) is 5.92 Å². The smallest absolute Gasteiger partial charge is 0.172 e. The number of isothiocyanates is 2. The van der Waals surface area contributed by atoms with Crippen LogP contribution in [0.4, 0.5) is 0 Å². The van der Waals surface area contributed by atoms with Gasteiger partial charge in [0.2, 0.25) is 0 Å². The number of rotatable bonds is 2. The van der Waals surface area contributed by atoms with Gasteiger partial charge < -0.3 is 0 Å². The van der Waals surface area contributed by atoms with E-state index in [1.807, 2.05) is 0 Å². The van der Waals surface area contributed by atoms with Crippen molar-refractivity contribution in [1.82, 2.24) is 0 Å². The number of hydrogen-bond donors (Lipinski definition) is 0. The Kier molecular flexibility index (Phi) is 3.89. The molecule has 13 heavy (non-hydrogen) atoms. The molecule has 0 bridgehead atoms. The molecule has 1 atom stereocenters. The second-order valence-electron chi connectivity index (χ2n) is 3.43. The van der Waals surface area contributed by atoms with E-state index in [9.17, 15) is 0 Å². The van der Waals surface area contributed by atoms with E-state index >= 15 is 0 Å². The minimum Gasteiger partial charge on any atom is -0.201 e. The van der Waals surface area contributed by atoms with E-state index in [4.69, 9.17) is 0 Å². The SMILES string of the molecule is CC1CCCCC1(N=C=S)N=C=S. The molecule has 0 N–H and O–H groups in total. The first-order chi connectivity index (χ1) is 6.25. The molecule has 1 unspecified atom stereocenters. The molecular formula is C9H12N2S2. The van der Waals surface area contributed by atoms with Crippen molar-refractivity contribution in [1.29, 1.82) is 0 Å². The van der Waals surface area contributed by atoms with Crippen LogP contribution in [-0.2, 0) is 0 Å². The molecule has 0 aromatic rings. The summed E-state index contributed by atoms with van der Waals surface area (Å²) >= 11 is 9.27. The molecule has 0 aromatic carbocycles. The van der Waals surface area contributed by atoms with Crippen LogP contribution in [0.3, 0.4) is 0 Å². The van der Waals surface area contributed by atoms with Gasteiger partial charge in [-0.05, 0) is 43.7 Å². The van der Waals surface area contributed by atoms with Crippen LogP contribution in [0.5, 0.6) is 0 Å². The molecule has 1 fully saturated rings. The van der Waals surface area contributed by atoms with Gasteiger partial charge in [0.1, 0.15) is 0 Å². The van der Waals surface area contributed by atoms with Crippen LogP contribution >= 0.6 is 24.4 Å². The second-order valence-corrected chi connectivity index (χ2v) is 3.80. The second kappa shape index (κ2) is 4.73. The maximum atomic E-state index is 4.63. The fraction of sp³-hybridized carbons (Fsp3) is 0.778. The molecule has 0 aromatic heterocycles. The van der Waals surface area contributed by atoms with Crippen LogP contribution in [0.2, 0.25) is 0 Å². The van der Waals surface area contributed by atoms with Gasteiger partial charge in [-0.3, -0.25) is 0 Å². The van der Waals surface area contributed by atoms with Crippen molar-refractivity contribution in [2.24, 2.45) is 15.9 Å². The molecule has 0 saturated heterocycles. The van der Waals surface area contributed by atoms with Crippen LogP contribution in [0.15, 0.2) is 9.98 Å². The summed E-state index contributed by atoms with van der Waals surface area (Å²) in [5.41, 5.74) is -0.443. The van der Waals surface area contributed by atoms with Gasteiger partial charge in [-0.15, -0.1) is 0 Å². The third kappa shape index (κ3) is 2.29. The summed E-state index contributed by atoms with van der Waals surface area (Å²) in [5, 5.41) is 4.84. The van der Waals surface area contributed by atoms with Crippen molar-refractivity contribution in [2.75, 3.05) is 0 Å². The molecule has 0 spiro atoms. The first-order valence-electron chi connectivity index (χ1n) is 4.43. The standard InChI is InChI=1S/C9H12N2S2/c1-8-4-2-3-5-9(8,10-6-12)11-7-13/h8H,2-5H2,1H3. The zero-order chi connectivity index (χ0) is 9.73. The molecule has 70 valence electrons. The summed E-state index contributed by atoms with van der Waals surface area (Å²) in [6.07, 6.45) is 4.41. The Balaban J connectivity index is 2.98. The van der Waals surface area contributed by atoms with Crippen molar-refractivity contribution in [3.05, 3.63) is 0 Å². The van der Waals surface area contributed by atoms with Crippen LogP contribution in [0.1, 0.15) is 32.6 Å². The fourth-order valence-electron chi connectivity index (χ4n) is 1.83. The molecule has 1 rings (SSSR count). The summed E-state index contributed by atoms with van der Waals surface area (Å²) in [6.45, 7) is 2.13. The first kappa shape index (κ1) is 10.7. The first-order valence-corrected chi connectivity index (χ1v) is 5.25. The van der Waals surface area contributed by atoms with Crippen LogP contribution in [-0.4, -0.2) is 16.0 Å². The van der Waals surface area contributed by atoms with Crippen LogP contribution in [0.25, 0.3) is 0 Å². The third-order valence-electron chi connectivity index (χ3n) is 2.70. The average Bonchev–Trinajstić information content (AvgIpc) is 2.11. The van der Waals surface area contributed by atoms with E-state index in [0.29, 0.717) is 5.92 Å². The molecule has 4 heteroatoms. The molecular weight excluding hydrogens is 200 g/mol. The van der Waals surface area contributed by atoms with Gasteiger partial charge in [-0.1, -0.05) is 13.3 Å². The zero-order valence-electron chi connectivity index (χ0n) is 7.62. The maximum absolute atomic E-state index is 4.63. The Labute approximate surface area is 89.2 Å². The van der Waals surface area contributed by atoms with Crippen molar-refractivity contribution >= 4 is 34.8 Å². The number of aliphatic imine (C=N–C) groups is 2. The van der Waals surface area contributed by atoms with E-state index < -0.39 is 5.66 Å². The number of thiocarbonyl (C=S) groups is 2. The lowest BCUT2D eigenvalue weighted by Gasteiger charge is -2.33. The van der Waals surface area contributed by atoms with Crippen molar-refractivity contribution in [3.63, 3.8) is 0 Å². The van der Waals surface area contributed by atoms with E-state index in [1.54, 1.807) is 0 Å². The minimum atomic E-state index is -0.443. The largest absolute Gasteiger partial charge is 0.201 e. The Bertz CT molecular complexity index is 257. The topological polar surface area (TPSA) is 24.7 Å². The van der Waals surface area contributed by atoms with Gasteiger partial charge in [0, 0.05) is 5.92 Å². The highest BCUT2D eigenvalue weighted by molar-refractivity contribution is 7.78. The van der Waals surface area contributed by atoms with Crippen molar-refractivity contribution in [3.8, 4) is 0 Å². The predicted molar refractivity (Wildman–Crippen MR) is 60.4 cm³/mol. The maximum Gasteiger partial charge on any atom is 0.172 e. The monoisotopic (exact) mass is 212 g/mol. The molecule has 0 aliphatic heterocycles. The van der Waals surface area contributed by atoms with E-state index in [2.05, 4.69) is 51.7 Å². The molecule has 1 aliphatic carbocycles. The fourth-order valence-corrected chi connectivity index (χ4v) is 2.14. The van der Waals surface area contributed by atoms with E-state index in [0.717, 1.165) is 19.3 Å². The zero-order valence-corrected chi connectivity index (χ0v) is 9.25. The summed E-state index contributed by atoms with van der Waals surface area (Å²) in [5.74, 6) is 0.396. The van der Waals surface area contributed by atoms with Crippen molar-refractivity contribution in [2.45, 2.75) is 38.3 Å². The molecule has 1 aliphatic rings. The summed E-state index contributed by atoms with van der Waals surface area (Å²) < 4.78 is 0. The Morgan fingerprint density at radius 1 is 1.23 bits per heavy atom. The Hall–Kier alpha value is -0.400. The molecule has 0 amide bonds. The Morgan fingerprint density at radius 2 is 1.85 bits per heavy atom. The lowest BCUT2D eigenvalue weighted by atomic mass is 9.81. The number of hydrogen-bond acceptors (Lipinski definition) is 4. The highest BCUT2D eigenvalue weighted by Crippen LogP contribution is 2.37. The predicted octanol–water partition coefficient (Wildman–Crippen LogP) is 3.10. The summed E-state index contributed by atoms with van der Waals surface area (Å²) in [4.78, 5) is 8.31. The normalized spacial score (nSPS) is 32.8. The lowest BCUT2D eigenvalue weighted by Crippen LogP contribution is -2.35. The molecule has 2 nitrogen and oxygen atoms in total. The van der Waals surface area contributed by atoms with Gasteiger partial charge in [0.25, 0.3) is 0 Å². The molecule has 0 radical (unpaired) electrons. The Morgan fingerprint density at radius 3 is 2.31 bits per heavy atom. The minimum absolute atomic E-state index is 0.396. The molecule has 0 heterocycles. The van der Waals surface area contributed by atoms with Gasteiger partial charge in [0.05, 0.1) is 10.3 Å². The highest BCUT2D eigenvalue weighted by atomic mass is 32.1. The van der Waals surface area contributed by atoms with Crippen molar-refractivity contribution < 1.29 is 0 Å². The van der Waals surface area contributed by atoms with E-state index in [1.165, 1.54) is 6.42 Å². The van der Waals surface area contributed by atoms with Gasteiger partial charge in [-0.2, -0.15) is 0 Å². The van der Waals surface area contributed by atoms with E-state index in [-0.39, 0.29) is 0 Å². The number of nitrogens with zero attached hydrogens (tertiary/aromatic N) is 2. The van der Waals surface area contributed by atoms with Gasteiger partial charge in [-0.25, -0.2) is 9.98 Å².